The van der Waals surface area contributed by atoms with E-state index in [-0.39, 0.29) is 5.91 Å². The second-order valence-corrected chi connectivity index (χ2v) is 7.72. The minimum absolute atomic E-state index is 0.185. The number of thiazole rings is 1. The van der Waals surface area contributed by atoms with Crippen LogP contribution in [0.5, 0.6) is 0 Å². The first-order chi connectivity index (χ1) is 13.0. The summed E-state index contributed by atoms with van der Waals surface area (Å²) in [5.41, 5.74) is 0. The Morgan fingerprint density at radius 1 is 1.30 bits per heavy atom. The molecule has 0 aliphatic carbocycles. The number of anilines is 3. The highest BCUT2D eigenvalue weighted by Gasteiger charge is 2.22. The first kappa shape index (κ1) is 19.1. The molecule has 2 aromatic heterocycles. The Kier molecular flexibility index (Phi) is 6.24. The summed E-state index contributed by atoms with van der Waals surface area (Å²) < 4.78 is 0. The number of carbonyl (C=O) groups is 1. The Hall–Kier alpha value is -2.66. The number of hydrogen-bond donors (Lipinski definition) is 1. The van der Waals surface area contributed by atoms with Crippen LogP contribution in [-0.4, -0.2) is 51.9 Å². The molecular formula is C19H24N6OS. The van der Waals surface area contributed by atoms with Crippen LogP contribution in [0.25, 0.3) is 0 Å². The highest BCUT2D eigenvalue weighted by molar-refractivity contribution is 7.15. The largest absolute Gasteiger partial charge is 0.353 e. The molecule has 1 saturated heterocycles. The maximum absolute atomic E-state index is 12.2. The van der Waals surface area contributed by atoms with Gasteiger partial charge in [0.15, 0.2) is 5.13 Å². The van der Waals surface area contributed by atoms with Crippen LogP contribution < -0.4 is 10.2 Å². The minimum Gasteiger partial charge on any atom is -0.353 e. The van der Waals surface area contributed by atoms with Crippen molar-refractivity contribution >= 4 is 34.0 Å². The average Bonchev–Trinajstić information content (AvgIpc) is 3.06. The van der Waals surface area contributed by atoms with Gasteiger partial charge in [-0.05, 0) is 20.3 Å². The molecular weight excluding hydrogens is 360 g/mol. The molecule has 8 heteroatoms. The Morgan fingerprint density at radius 2 is 2.07 bits per heavy atom. The lowest BCUT2D eigenvalue weighted by atomic mass is 10.2. The number of piperazine rings is 1. The van der Waals surface area contributed by atoms with Crippen molar-refractivity contribution in [3.8, 4) is 12.3 Å². The lowest BCUT2D eigenvalue weighted by Gasteiger charge is -2.35. The molecule has 0 radical (unpaired) electrons. The van der Waals surface area contributed by atoms with Gasteiger partial charge in [0.1, 0.15) is 17.5 Å². The van der Waals surface area contributed by atoms with E-state index < -0.39 is 0 Å². The second-order valence-electron chi connectivity index (χ2n) is 6.49. The third-order valence-corrected chi connectivity index (χ3v) is 5.18. The fourth-order valence-electron chi connectivity index (χ4n) is 2.98. The van der Waals surface area contributed by atoms with Crippen molar-refractivity contribution in [3.05, 3.63) is 23.0 Å². The molecule has 1 aliphatic rings. The maximum atomic E-state index is 12.2. The molecule has 0 saturated carbocycles. The summed E-state index contributed by atoms with van der Waals surface area (Å²) in [4.78, 5) is 30.8. The molecule has 3 heterocycles. The zero-order valence-corrected chi connectivity index (χ0v) is 16.6. The molecule has 0 unspecified atom stereocenters. The van der Waals surface area contributed by atoms with Gasteiger partial charge in [-0.1, -0.05) is 0 Å². The summed E-state index contributed by atoms with van der Waals surface area (Å²) in [6.07, 6.45) is 9.02. The Balaban J connectivity index is 1.60. The van der Waals surface area contributed by atoms with Gasteiger partial charge in [0, 0.05) is 56.2 Å². The van der Waals surface area contributed by atoms with E-state index in [1.54, 1.807) is 11.3 Å². The van der Waals surface area contributed by atoms with E-state index in [0.717, 1.165) is 41.2 Å². The monoisotopic (exact) mass is 384 g/mol. The summed E-state index contributed by atoms with van der Waals surface area (Å²) in [7, 11) is 0. The first-order valence-corrected chi connectivity index (χ1v) is 9.88. The molecule has 0 bridgehead atoms. The number of nitrogens with one attached hydrogen (secondary N) is 1. The lowest BCUT2D eigenvalue weighted by Crippen LogP contribution is -2.49. The number of nitrogens with zero attached hydrogens (tertiary/aromatic N) is 5. The summed E-state index contributed by atoms with van der Waals surface area (Å²) in [6.45, 7) is 6.82. The molecule has 27 heavy (non-hydrogen) atoms. The van der Waals surface area contributed by atoms with E-state index in [1.807, 2.05) is 31.0 Å². The summed E-state index contributed by atoms with van der Waals surface area (Å²) in [6, 6.07) is 1.94. The van der Waals surface area contributed by atoms with Gasteiger partial charge in [0.05, 0.1) is 0 Å². The Morgan fingerprint density at radius 3 is 2.74 bits per heavy atom. The van der Waals surface area contributed by atoms with Gasteiger partial charge in [-0.3, -0.25) is 4.79 Å². The van der Waals surface area contributed by atoms with Crippen LogP contribution in [0.2, 0.25) is 0 Å². The van der Waals surface area contributed by atoms with Crippen LogP contribution in [0.3, 0.4) is 0 Å². The highest BCUT2D eigenvalue weighted by Crippen LogP contribution is 2.24. The van der Waals surface area contributed by atoms with Crippen molar-refractivity contribution < 1.29 is 4.79 Å². The number of unbranched alkanes of at least 4 members (excludes halogenated alkanes) is 1. The molecule has 142 valence electrons. The number of aryl methyl sites for hydroxylation is 2. The van der Waals surface area contributed by atoms with Crippen LogP contribution in [0.4, 0.5) is 16.8 Å². The van der Waals surface area contributed by atoms with Crippen LogP contribution >= 0.6 is 11.3 Å². The Bertz CT molecular complexity index is 835. The van der Waals surface area contributed by atoms with Gasteiger partial charge in [-0.15, -0.1) is 23.7 Å². The standard InChI is InChI=1S/C19H24N6OS/c1-4-5-6-7-18(26)25-10-8-24(9-11-25)17-12-16(21-15(3)22-17)23-19-20-13-14(2)27-19/h1,12-13H,5-11H2,2-3H3,(H,20,21,22,23). The van der Waals surface area contributed by atoms with Crippen molar-refractivity contribution in [1.29, 1.82) is 0 Å². The molecule has 0 atom stereocenters. The van der Waals surface area contributed by atoms with Crippen molar-refractivity contribution in [2.45, 2.75) is 33.1 Å². The Labute approximate surface area is 163 Å². The third kappa shape index (κ3) is 5.17. The predicted molar refractivity (Wildman–Crippen MR) is 108 cm³/mol. The SMILES string of the molecule is C#CCCCC(=O)N1CCN(c2cc(Nc3ncc(C)s3)nc(C)n2)CC1. The van der Waals surface area contributed by atoms with E-state index in [9.17, 15) is 4.79 Å². The molecule has 2 aromatic rings. The molecule has 7 nitrogen and oxygen atoms in total. The predicted octanol–water partition coefficient (Wildman–Crippen LogP) is 2.75. The summed E-state index contributed by atoms with van der Waals surface area (Å²) >= 11 is 1.59. The lowest BCUT2D eigenvalue weighted by molar-refractivity contribution is -0.131. The van der Waals surface area contributed by atoms with Gasteiger partial charge < -0.3 is 15.1 Å². The number of rotatable bonds is 6. The van der Waals surface area contributed by atoms with E-state index in [1.165, 1.54) is 0 Å². The second kappa shape index (κ2) is 8.82. The average molecular weight is 385 g/mol. The molecule has 1 amide bonds. The molecule has 1 fully saturated rings. The first-order valence-electron chi connectivity index (χ1n) is 9.06. The molecule has 0 aromatic carbocycles. The minimum atomic E-state index is 0.185. The summed E-state index contributed by atoms with van der Waals surface area (Å²) in [5.74, 6) is 5.08. The van der Waals surface area contributed by atoms with E-state index in [0.29, 0.717) is 31.8 Å². The van der Waals surface area contributed by atoms with Gasteiger partial charge in [-0.2, -0.15) is 0 Å². The normalized spacial score (nSPS) is 14.1. The quantitative estimate of drug-likeness (QED) is 0.610. The van der Waals surface area contributed by atoms with Crippen molar-refractivity contribution in [2.75, 3.05) is 36.4 Å². The maximum Gasteiger partial charge on any atom is 0.222 e. The van der Waals surface area contributed by atoms with Crippen LogP contribution in [0.15, 0.2) is 12.3 Å². The number of carbonyl (C=O) groups excluding carboxylic acids is 1. The third-order valence-electron chi connectivity index (χ3n) is 4.35. The zero-order chi connectivity index (χ0) is 19.2. The zero-order valence-electron chi connectivity index (χ0n) is 15.7. The van der Waals surface area contributed by atoms with E-state index >= 15 is 0 Å². The van der Waals surface area contributed by atoms with Gasteiger partial charge >= 0.3 is 0 Å². The fourth-order valence-corrected chi connectivity index (χ4v) is 3.66. The molecule has 1 N–H and O–H groups in total. The van der Waals surface area contributed by atoms with Crippen LogP contribution in [-0.2, 0) is 4.79 Å². The number of aromatic nitrogens is 3. The summed E-state index contributed by atoms with van der Waals surface area (Å²) in [5, 5.41) is 4.07. The topological polar surface area (TPSA) is 74.2 Å². The van der Waals surface area contributed by atoms with Crippen LogP contribution in [0, 0.1) is 26.2 Å². The van der Waals surface area contributed by atoms with E-state index in [2.05, 4.69) is 31.1 Å². The molecule has 1 aliphatic heterocycles. The molecule has 0 spiro atoms. The number of hydrogen-bond acceptors (Lipinski definition) is 7. The molecule has 3 rings (SSSR count). The fraction of sp³-hybridized carbons (Fsp3) is 0.474. The van der Waals surface area contributed by atoms with Gasteiger partial charge in [0.25, 0.3) is 0 Å². The van der Waals surface area contributed by atoms with Crippen molar-refractivity contribution in [1.82, 2.24) is 19.9 Å². The van der Waals surface area contributed by atoms with E-state index in [4.69, 9.17) is 6.42 Å². The smallest absolute Gasteiger partial charge is 0.222 e. The van der Waals surface area contributed by atoms with Gasteiger partial charge in [0.2, 0.25) is 5.91 Å². The van der Waals surface area contributed by atoms with Crippen molar-refractivity contribution in [3.63, 3.8) is 0 Å². The van der Waals surface area contributed by atoms with Crippen LogP contribution in [0.1, 0.15) is 30.0 Å². The van der Waals surface area contributed by atoms with Gasteiger partial charge in [-0.25, -0.2) is 15.0 Å². The number of amides is 1. The van der Waals surface area contributed by atoms with Crippen molar-refractivity contribution in [2.24, 2.45) is 0 Å². The number of terminal acetylenes is 1. The highest BCUT2D eigenvalue weighted by atomic mass is 32.1.